The minimum Gasteiger partial charge on any atom is -0.308 e. The summed E-state index contributed by atoms with van der Waals surface area (Å²) < 4.78 is 0.963. The molecule has 2 aromatic rings. The number of aromatic nitrogens is 1. The number of nitrogens with one attached hydrogen (secondary N) is 2. The Hall–Kier alpha value is -1.66. The van der Waals surface area contributed by atoms with Crippen LogP contribution in [0.2, 0.25) is 0 Å². The molecule has 0 fully saturated rings. The average molecular weight is 284 g/mol. The van der Waals surface area contributed by atoms with E-state index in [4.69, 9.17) is 11.6 Å². The van der Waals surface area contributed by atoms with Gasteiger partial charge in [0.25, 0.3) is 0 Å². The van der Waals surface area contributed by atoms with Gasteiger partial charge in [-0.25, -0.2) is 9.78 Å². The van der Waals surface area contributed by atoms with Gasteiger partial charge in [0.1, 0.15) is 5.38 Å². The summed E-state index contributed by atoms with van der Waals surface area (Å²) in [7, 11) is 0. The molecular formula is C11H10ClN3O2S. The Balaban J connectivity index is 2.04. The number of halogens is 1. The van der Waals surface area contributed by atoms with Crippen molar-refractivity contribution in [1.82, 2.24) is 10.3 Å². The molecule has 2 rings (SSSR count). The number of urea groups is 1. The zero-order chi connectivity index (χ0) is 13.1. The van der Waals surface area contributed by atoms with E-state index in [1.165, 1.54) is 18.3 Å². The van der Waals surface area contributed by atoms with Gasteiger partial charge in [0, 0.05) is 5.69 Å². The molecule has 2 N–H and O–H groups in total. The fourth-order valence-electron chi connectivity index (χ4n) is 1.31. The summed E-state index contributed by atoms with van der Waals surface area (Å²) >= 11 is 7.02. The molecule has 5 nitrogen and oxygen atoms in total. The van der Waals surface area contributed by atoms with Crippen LogP contribution < -0.4 is 10.6 Å². The van der Waals surface area contributed by atoms with E-state index in [9.17, 15) is 9.59 Å². The number of rotatable bonds is 2. The highest BCUT2D eigenvalue weighted by atomic mass is 35.5. The first-order valence-corrected chi connectivity index (χ1v) is 6.47. The second kappa shape index (κ2) is 5.32. The molecule has 0 saturated heterocycles. The molecule has 0 saturated carbocycles. The maximum absolute atomic E-state index is 11.5. The highest BCUT2D eigenvalue weighted by Gasteiger charge is 2.13. The number of imide groups is 1. The van der Waals surface area contributed by atoms with E-state index in [0.717, 1.165) is 10.2 Å². The molecule has 1 atom stereocenters. The van der Waals surface area contributed by atoms with Gasteiger partial charge in [-0.2, -0.15) is 0 Å². The molecule has 0 spiro atoms. The molecule has 0 radical (unpaired) electrons. The molecule has 1 heterocycles. The van der Waals surface area contributed by atoms with E-state index in [1.807, 2.05) is 0 Å². The lowest BCUT2D eigenvalue weighted by Gasteiger charge is -2.07. The molecule has 0 aliphatic carbocycles. The molecule has 18 heavy (non-hydrogen) atoms. The van der Waals surface area contributed by atoms with Crippen LogP contribution in [0.1, 0.15) is 6.92 Å². The third-order valence-electron chi connectivity index (χ3n) is 2.19. The first-order valence-electron chi connectivity index (χ1n) is 5.15. The maximum Gasteiger partial charge on any atom is 0.325 e. The molecule has 94 valence electrons. The van der Waals surface area contributed by atoms with Crippen LogP contribution in [0.3, 0.4) is 0 Å². The lowest BCUT2D eigenvalue weighted by atomic mass is 10.3. The summed E-state index contributed by atoms with van der Waals surface area (Å²) in [5.41, 5.74) is 3.20. The highest BCUT2D eigenvalue weighted by Crippen LogP contribution is 2.21. The summed E-state index contributed by atoms with van der Waals surface area (Å²) in [5.74, 6) is -0.534. The Labute approximate surface area is 112 Å². The predicted molar refractivity (Wildman–Crippen MR) is 72.1 cm³/mol. The molecule has 1 aromatic heterocycles. The summed E-state index contributed by atoms with van der Waals surface area (Å²) in [6.07, 6.45) is 0. The Kier molecular flexibility index (Phi) is 3.78. The Morgan fingerprint density at radius 1 is 1.44 bits per heavy atom. The molecule has 0 bridgehead atoms. The second-order valence-electron chi connectivity index (χ2n) is 3.59. The van der Waals surface area contributed by atoms with E-state index < -0.39 is 17.3 Å². The topological polar surface area (TPSA) is 71.1 Å². The zero-order valence-electron chi connectivity index (χ0n) is 9.44. The predicted octanol–water partition coefficient (Wildman–Crippen LogP) is 2.57. The number of hydrogen-bond donors (Lipinski definition) is 2. The van der Waals surface area contributed by atoms with Crippen LogP contribution in [-0.2, 0) is 4.79 Å². The standard InChI is InChI=1S/C11H10ClN3O2S/c1-6(12)10(16)15-11(17)14-7-2-3-8-9(4-7)18-5-13-8/h2-6H,1H3,(H2,14,15,16,17). The van der Waals surface area contributed by atoms with E-state index >= 15 is 0 Å². The van der Waals surface area contributed by atoms with Crippen LogP contribution in [0, 0.1) is 0 Å². The van der Waals surface area contributed by atoms with Crippen LogP contribution in [0.4, 0.5) is 10.5 Å². The number of benzene rings is 1. The second-order valence-corrected chi connectivity index (χ2v) is 5.14. The molecule has 1 aromatic carbocycles. The third kappa shape index (κ3) is 2.96. The van der Waals surface area contributed by atoms with E-state index in [1.54, 1.807) is 23.7 Å². The van der Waals surface area contributed by atoms with Crippen molar-refractivity contribution in [3.8, 4) is 0 Å². The monoisotopic (exact) mass is 283 g/mol. The minimum atomic E-state index is -0.750. The van der Waals surface area contributed by atoms with Gasteiger partial charge in [-0.1, -0.05) is 0 Å². The largest absolute Gasteiger partial charge is 0.325 e. The van der Waals surface area contributed by atoms with Crippen molar-refractivity contribution in [2.75, 3.05) is 5.32 Å². The minimum absolute atomic E-state index is 0.534. The highest BCUT2D eigenvalue weighted by molar-refractivity contribution is 7.16. The van der Waals surface area contributed by atoms with Crippen molar-refractivity contribution in [1.29, 1.82) is 0 Å². The zero-order valence-corrected chi connectivity index (χ0v) is 11.0. The number of amides is 3. The first kappa shape index (κ1) is 12.8. The lowest BCUT2D eigenvalue weighted by Crippen LogP contribution is -2.38. The van der Waals surface area contributed by atoms with Gasteiger partial charge in [-0.05, 0) is 25.1 Å². The molecule has 7 heteroatoms. The van der Waals surface area contributed by atoms with Crippen molar-refractivity contribution in [2.45, 2.75) is 12.3 Å². The normalized spacial score (nSPS) is 12.1. The van der Waals surface area contributed by atoms with E-state index in [0.29, 0.717) is 5.69 Å². The number of hydrogen-bond acceptors (Lipinski definition) is 4. The number of thiazole rings is 1. The summed E-state index contributed by atoms with van der Waals surface area (Å²) in [6, 6.07) is 4.71. The van der Waals surface area contributed by atoms with Crippen LogP contribution in [-0.4, -0.2) is 22.3 Å². The smallest absolute Gasteiger partial charge is 0.308 e. The van der Waals surface area contributed by atoms with E-state index in [2.05, 4.69) is 15.6 Å². The van der Waals surface area contributed by atoms with Crippen molar-refractivity contribution in [3.05, 3.63) is 23.7 Å². The van der Waals surface area contributed by atoms with Crippen molar-refractivity contribution in [3.63, 3.8) is 0 Å². The quantitative estimate of drug-likeness (QED) is 0.832. The Morgan fingerprint density at radius 2 is 2.22 bits per heavy atom. The molecule has 3 amide bonds. The molecule has 1 unspecified atom stereocenters. The van der Waals surface area contributed by atoms with Crippen molar-refractivity contribution < 1.29 is 9.59 Å². The lowest BCUT2D eigenvalue weighted by molar-refractivity contribution is -0.119. The summed E-state index contributed by atoms with van der Waals surface area (Å²) in [6.45, 7) is 1.49. The Bertz CT molecular complexity index is 597. The molecule has 0 aliphatic rings. The SMILES string of the molecule is CC(Cl)C(=O)NC(=O)Nc1ccc2ncsc2c1. The fraction of sp³-hybridized carbons (Fsp3) is 0.182. The average Bonchev–Trinajstić information content (AvgIpc) is 2.75. The first-order chi connectivity index (χ1) is 8.56. The summed E-state index contributed by atoms with van der Waals surface area (Å²) in [4.78, 5) is 26.8. The van der Waals surface area contributed by atoms with Gasteiger partial charge in [-0.15, -0.1) is 22.9 Å². The fourth-order valence-corrected chi connectivity index (χ4v) is 2.08. The molecular weight excluding hydrogens is 274 g/mol. The van der Waals surface area contributed by atoms with Gasteiger partial charge in [0.15, 0.2) is 0 Å². The van der Waals surface area contributed by atoms with Gasteiger partial charge < -0.3 is 5.32 Å². The number of carbonyl (C=O) groups excluding carboxylic acids is 2. The van der Waals surface area contributed by atoms with Gasteiger partial charge in [0.05, 0.1) is 15.7 Å². The van der Waals surface area contributed by atoms with Crippen LogP contribution in [0.5, 0.6) is 0 Å². The van der Waals surface area contributed by atoms with Gasteiger partial charge in [-0.3, -0.25) is 10.1 Å². The molecule has 0 aliphatic heterocycles. The van der Waals surface area contributed by atoms with Gasteiger partial charge >= 0.3 is 6.03 Å². The number of carbonyl (C=O) groups is 2. The third-order valence-corrected chi connectivity index (χ3v) is 3.18. The van der Waals surface area contributed by atoms with Gasteiger partial charge in [0.2, 0.25) is 5.91 Å². The number of alkyl halides is 1. The van der Waals surface area contributed by atoms with Crippen molar-refractivity contribution >= 4 is 50.8 Å². The summed E-state index contributed by atoms with van der Waals surface area (Å²) in [5, 5.41) is 3.95. The van der Waals surface area contributed by atoms with Crippen LogP contribution in [0.15, 0.2) is 23.7 Å². The number of fused-ring (bicyclic) bond motifs is 1. The van der Waals surface area contributed by atoms with Crippen LogP contribution in [0.25, 0.3) is 10.2 Å². The van der Waals surface area contributed by atoms with E-state index in [-0.39, 0.29) is 0 Å². The Morgan fingerprint density at radius 3 is 2.94 bits per heavy atom. The number of nitrogens with zero attached hydrogens (tertiary/aromatic N) is 1. The number of anilines is 1. The van der Waals surface area contributed by atoms with Crippen LogP contribution >= 0.6 is 22.9 Å². The van der Waals surface area contributed by atoms with Crippen molar-refractivity contribution in [2.24, 2.45) is 0 Å². The maximum atomic E-state index is 11.5.